The molecule has 0 saturated heterocycles. The van der Waals surface area contributed by atoms with Gasteiger partial charge in [0.05, 0.1) is 6.10 Å². The molecule has 3 aromatic rings. The standard InChI is InChI=1S/C19H16BrNO2/c1-12(22)13-8-10-14(11-9-13)21-19(23)17-6-2-5-16-15(17)4-3-7-18(16)20/h2-12,22H,1H3,(H,21,23)/t12-/m0/s1. The van der Waals surface area contributed by atoms with Gasteiger partial charge in [0.15, 0.2) is 0 Å². The van der Waals surface area contributed by atoms with E-state index in [0.29, 0.717) is 11.3 Å². The molecule has 116 valence electrons. The van der Waals surface area contributed by atoms with E-state index in [1.54, 1.807) is 31.2 Å². The molecule has 0 bridgehead atoms. The molecule has 2 N–H and O–H groups in total. The van der Waals surface area contributed by atoms with Crippen molar-refractivity contribution >= 4 is 38.3 Å². The predicted molar refractivity (Wildman–Crippen MR) is 96.7 cm³/mol. The zero-order valence-electron chi connectivity index (χ0n) is 12.6. The number of halogens is 1. The summed E-state index contributed by atoms with van der Waals surface area (Å²) in [7, 11) is 0. The summed E-state index contributed by atoms with van der Waals surface area (Å²) in [6.45, 7) is 1.71. The van der Waals surface area contributed by atoms with Gasteiger partial charge in [0.2, 0.25) is 0 Å². The summed E-state index contributed by atoms with van der Waals surface area (Å²) in [6.07, 6.45) is -0.518. The first-order chi connectivity index (χ1) is 11.1. The Balaban J connectivity index is 1.90. The van der Waals surface area contributed by atoms with Crippen LogP contribution in [0.4, 0.5) is 5.69 Å². The lowest BCUT2D eigenvalue weighted by Gasteiger charge is -2.10. The number of amides is 1. The van der Waals surface area contributed by atoms with Gasteiger partial charge in [-0.05, 0) is 47.5 Å². The quantitative estimate of drug-likeness (QED) is 0.689. The van der Waals surface area contributed by atoms with Crippen molar-refractivity contribution in [2.24, 2.45) is 0 Å². The number of aliphatic hydroxyl groups excluding tert-OH is 1. The first-order valence-electron chi connectivity index (χ1n) is 7.33. The van der Waals surface area contributed by atoms with Gasteiger partial charge in [-0.2, -0.15) is 0 Å². The highest BCUT2D eigenvalue weighted by atomic mass is 79.9. The fourth-order valence-electron chi connectivity index (χ4n) is 2.51. The van der Waals surface area contributed by atoms with Gasteiger partial charge in [0.25, 0.3) is 5.91 Å². The SMILES string of the molecule is C[C@H](O)c1ccc(NC(=O)c2cccc3c(Br)cccc23)cc1. The number of nitrogens with one attached hydrogen (secondary N) is 1. The summed E-state index contributed by atoms with van der Waals surface area (Å²) in [5.74, 6) is -0.154. The van der Waals surface area contributed by atoms with Crippen LogP contribution in [0.3, 0.4) is 0 Å². The smallest absolute Gasteiger partial charge is 0.256 e. The molecule has 0 aromatic heterocycles. The van der Waals surface area contributed by atoms with Gasteiger partial charge in [-0.25, -0.2) is 0 Å². The maximum absolute atomic E-state index is 12.6. The summed E-state index contributed by atoms with van der Waals surface area (Å²) < 4.78 is 0.964. The van der Waals surface area contributed by atoms with Gasteiger partial charge in [-0.15, -0.1) is 0 Å². The Morgan fingerprint density at radius 1 is 1.00 bits per heavy atom. The molecular weight excluding hydrogens is 354 g/mol. The first-order valence-corrected chi connectivity index (χ1v) is 8.12. The van der Waals surface area contributed by atoms with Gasteiger partial charge in [-0.1, -0.05) is 52.3 Å². The Hall–Kier alpha value is -2.17. The first kappa shape index (κ1) is 15.7. The summed E-state index contributed by atoms with van der Waals surface area (Å²) in [4.78, 5) is 12.6. The number of anilines is 1. The molecule has 0 saturated carbocycles. The third-order valence-electron chi connectivity index (χ3n) is 3.76. The van der Waals surface area contributed by atoms with Crippen LogP contribution in [0.25, 0.3) is 10.8 Å². The van der Waals surface area contributed by atoms with Gasteiger partial charge < -0.3 is 10.4 Å². The molecule has 3 aromatic carbocycles. The van der Waals surface area contributed by atoms with Crippen LogP contribution in [0.5, 0.6) is 0 Å². The van der Waals surface area contributed by atoms with Crippen LogP contribution in [0.2, 0.25) is 0 Å². The molecule has 23 heavy (non-hydrogen) atoms. The molecule has 0 aliphatic heterocycles. The Labute approximate surface area is 143 Å². The zero-order valence-corrected chi connectivity index (χ0v) is 14.2. The van der Waals surface area contributed by atoms with E-state index in [-0.39, 0.29) is 5.91 Å². The lowest BCUT2D eigenvalue weighted by atomic mass is 10.0. The minimum atomic E-state index is -0.518. The van der Waals surface area contributed by atoms with E-state index in [1.807, 2.05) is 36.4 Å². The molecule has 0 heterocycles. The fourth-order valence-corrected chi connectivity index (χ4v) is 3.01. The number of fused-ring (bicyclic) bond motifs is 1. The summed E-state index contributed by atoms with van der Waals surface area (Å²) in [5, 5.41) is 14.3. The van der Waals surface area contributed by atoms with Crippen molar-refractivity contribution in [2.75, 3.05) is 5.32 Å². The number of benzene rings is 3. The van der Waals surface area contributed by atoms with Crippen molar-refractivity contribution in [3.05, 3.63) is 76.3 Å². The summed E-state index contributed by atoms with van der Waals surface area (Å²) >= 11 is 3.51. The Bertz CT molecular complexity index is 857. The zero-order chi connectivity index (χ0) is 16.4. The monoisotopic (exact) mass is 369 g/mol. The van der Waals surface area contributed by atoms with Gasteiger partial charge in [0.1, 0.15) is 0 Å². The van der Waals surface area contributed by atoms with Crippen LogP contribution in [-0.2, 0) is 0 Å². The Morgan fingerprint density at radius 3 is 2.35 bits per heavy atom. The topological polar surface area (TPSA) is 49.3 Å². The number of hydrogen-bond donors (Lipinski definition) is 2. The molecule has 0 unspecified atom stereocenters. The van der Waals surface area contributed by atoms with E-state index in [1.165, 1.54) is 0 Å². The number of aliphatic hydroxyl groups is 1. The highest BCUT2D eigenvalue weighted by Crippen LogP contribution is 2.27. The van der Waals surface area contributed by atoms with Gasteiger partial charge >= 0.3 is 0 Å². The minimum Gasteiger partial charge on any atom is -0.389 e. The van der Waals surface area contributed by atoms with Gasteiger partial charge in [0, 0.05) is 15.7 Å². The van der Waals surface area contributed by atoms with Crippen molar-refractivity contribution in [1.29, 1.82) is 0 Å². The molecule has 0 aliphatic carbocycles. The van der Waals surface area contributed by atoms with E-state index in [0.717, 1.165) is 20.8 Å². The molecule has 3 rings (SSSR count). The fraction of sp³-hybridized carbons (Fsp3) is 0.105. The number of carbonyl (C=O) groups is 1. The van der Waals surface area contributed by atoms with E-state index < -0.39 is 6.10 Å². The lowest BCUT2D eigenvalue weighted by Crippen LogP contribution is -2.12. The van der Waals surface area contributed by atoms with Crippen LogP contribution in [0.1, 0.15) is 28.9 Å². The second-order valence-corrected chi connectivity index (χ2v) is 6.25. The second-order valence-electron chi connectivity index (χ2n) is 5.39. The molecule has 3 nitrogen and oxygen atoms in total. The van der Waals surface area contributed by atoms with E-state index in [4.69, 9.17) is 0 Å². The maximum atomic E-state index is 12.6. The molecule has 4 heteroatoms. The number of rotatable bonds is 3. The average Bonchev–Trinajstić information content (AvgIpc) is 2.55. The van der Waals surface area contributed by atoms with E-state index >= 15 is 0 Å². The van der Waals surface area contributed by atoms with Crippen molar-refractivity contribution in [2.45, 2.75) is 13.0 Å². The molecule has 1 amide bonds. The van der Waals surface area contributed by atoms with Gasteiger partial charge in [-0.3, -0.25) is 4.79 Å². The molecule has 0 aliphatic rings. The highest BCUT2D eigenvalue weighted by molar-refractivity contribution is 9.10. The second kappa shape index (κ2) is 6.52. The number of carbonyl (C=O) groups excluding carboxylic acids is 1. The Morgan fingerprint density at radius 2 is 1.65 bits per heavy atom. The van der Waals surface area contributed by atoms with Crippen LogP contribution in [-0.4, -0.2) is 11.0 Å². The third kappa shape index (κ3) is 3.28. The van der Waals surface area contributed by atoms with Crippen LogP contribution in [0.15, 0.2) is 65.1 Å². The lowest BCUT2D eigenvalue weighted by molar-refractivity contribution is 0.102. The normalized spacial score (nSPS) is 12.1. The van der Waals surface area contributed by atoms with Crippen LogP contribution >= 0.6 is 15.9 Å². The summed E-state index contributed by atoms with van der Waals surface area (Å²) in [6, 6.07) is 18.7. The van der Waals surface area contributed by atoms with Crippen molar-refractivity contribution < 1.29 is 9.90 Å². The average molecular weight is 370 g/mol. The third-order valence-corrected chi connectivity index (χ3v) is 4.46. The van der Waals surface area contributed by atoms with Crippen molar-refractivity contribution in [3.8, 4) is 0 Å². The Kier molecular flexibility index (Phi) is 4.46. The highest BCUT2D eigenvalue weighted by Gasteiger charge is 2.11. The molecule has 0 radical (unpaired) electrons. The van der Waals surface area contributed by atoms with E-state index in [9.17, 15) is 9.90 Å². The van der Waals surface area contributed by atoms with Crippen molar-refractivity contribution in [1.82, 2.24) is 0 Å². The molecule has 0 fully saturated rings. The van der Waals surface area contributed by atoms with Crippen LogP contribution < -0.4 is 5.32 Å². The largest absolute Gasteiger partial charge is 0.389 e. The van der Waals surface area contributed by atoms with Crippen LogP contribution in [0, 0.1) is 0 Å². The molecule has 1 atom stereocenters. The van der Waals surface area contributed by atoms with Crippen molar-refractivity contribution in [3.63, 3.8) is 0 Å². The molecular formula is C19H16BrNO2. The minimum absolute atomic E-state index is 0.154. The predicted octanol–water partition coefficient (Wildman–Crippen LogP) is 4.91. The number of hydrogen-bond acceptors (Lipinski definition) is 2. The summed E-state index contributed by atoms with van der Waals surface area (Å²) in [5.41, 5.74) is 2.15. The maximum Gasteiger partial charge on any atom is 0.256 e. The van der Waals surface area contributed by atoms with E-state index in [2.05, 4.69) is 21.2 Å². The molecule has 0 spiro atoms.